The molecule has 104 valence electrons. The average molecular weight is 284 g/mol. The van der Waals surface area contributed by atoms with E-state index in [2.05, 4.69) is 9.97 Å². The van der Waals surface area contributed by atoms with Crippen LogP contribution in [0.25, 0.3) is 11.0 Å². The van der Waals surface area contributed by atoms with Crippen molar-refractivity contribution in [1.82, 2.24) is 9.97 Å². The molecule has 6 heteroatoms. The van der Waals surface area contributed by atoms with Gasteiger partial charge in [-0.15, -0.1) is 0 Å². The number of ketones is 1. The van der Waals surface area contributed by atoms with Crippen LogP contribution in [-0.2, 0) is 0 Å². The van der Waals surface area contributed by atoms with Gasteiger partial charge in [-0.05, 0) is 30.3 Å². The summed E-state index contributed by atoms with van der Waals surface area (Å²) in [7, 11) is 0. The number of halogens is 1. The number of nitrogens with one attached hydrogen (secondary N) is 2. The molecule has 3 rings (SSSR count). The van der Waals surface area contributed by atoms with Gasteiger partial charge in [0.2, 0.25) is 0 Å². The number of hydrogen-bond donors (Lipinski definition) is 2. The molecule has 1 aromatic heterocycles. The Hall–Kier alpha value is -3.02. The summed E-state index contributed by atoms with van der Waals surface area (Å²) in [5.41, 5.74) is -0.709. The Labute approximate surface area is 117 Å². The fourth-order valence-corrected chi connectivity index (χ4v) is 2.06. The summed E-state index contributed by atoms with van der Waals surface area (Å²) in [5.74, 6) is -1.11. The van der Waals surface area contributed by atoms with Gasteiger partial charge < -0.3 is 9.97 Å². The Morgan fingerprint density at radius 3 is 2.29 bits per heavy atom. The minimum absolute atomic E-state index is 0.0522. The average Bonchev–Trinajstić information content (AvgIpc) is 2.48. The van der Waals surface area contributed by atoms with Crippen LogP contribution in [-0.4, -0.2) is 15.8 Å². The number of aromatic amines is 2. The highest BCUT2D eigenvalue weighted by Gasteiger charge is 2.14. The van der Waals surface area contributed by atoms with Crippen LogP contribution < -0.4 is 11.1 Å². The Bertz CT molecular complexity index is 972. The molecule has 0 aliphatic carbocycles. The topological polar surface area (TPSA) is 82.8 Å². The van der Waals surface area contributed by atoms with Gasteiger partial charge in [0, 0.05) is 5.56 Å². The van der Waals surface area contributed by atoms with Crippen LogP contribution in [0.4, 0.5) is 4.39 Å². The third-order valence-electron chi connectivity index (χ3n) is 3.10. The molecular formula is C15H9FN2O3. The Kier molecular flexibility index (Phi) is 2.98. The lowest BCUT2D eigenvalue weighted by Gasteiger charge is -2.04. The number of H-pyrrole nitrogens is 2. The summed E-state index contributed by atoms with van der Waals surface area (Å²) in [6.07, 6.45) is 0. The molecule has 0 unspecified atom stereocenters. The molecule has 1 heterocycles. The van der Waals surface area contributed by atoms with Gasteiger partial charge in [0.1, 0.15) is 5.82 Å². The summed E-state index contributed by atoms with van der Waals surface area (Å²) in [6, 6.07) is 10.0. The first-order chi connectivity index (χ1) is 10.1. The van der Waals surface area contributed by atoms with Crippen molar-refractivity contribution in [2.45, 2.75) is 0 Å². The molecule has 21 heavy (non-hydrogen) atoms. The molecule has 2 N–H and O–H groups in total. The lowest BCUT2D eigenvalue weighted by atomic mass is 10.0. The monoisotopic (exact) mass is 284 g/mol. The van der Waals surface area contributed by atoms with E-state index in [1.807, 2.05) is 0 Å². The van der Waals surface area contributed by atoms with Crippen molar-refractivity contribution in [3.8, 4) is 0 Å². The molecule has 0 aliphatic heterocycles. The fourth-order valence-electron chi connectivity index (χ4n) is 2.06. The standard InChI is InChI=1S/C15H9FN2O3/c16-10-4-2-1-3-9(10)13(19)8-5-6-11-12(7-8)18-15(21)14(20)17-11/h1-7H,(H,17,20)(H,18,21). The van der Waals surface area contributed by atoms with Gasteiger partial charge in [0.15, 0.2) is 5.78 Å². The predicted octanol–water partition coefficient (Wildman–Crippen LogP) is 1.59. The van der Waals surface area contributed by atoms with E-state index in [9.17, 15) is 18.8 Å². The first kappa shape index (κ1) is 13.0. The Balaban J connectivity index is 2.15. The molecule has 0 bridgehead atoms. The molecule has 0 saturated heterocycles. The van der Waals surface area contributed by atoms with Gasteiger partial charge in [-0.1, -0.05) is 12.1 Å². The van der Waals surface area contributed by atoms with Crippen LogP contribution in [0.1, 0.15) is 15.9 Å². The molecule has 0 amide bonds. The molecule has 0 atom stereocenters. The second kappa shape index (κ2) is 4.82. The van der Waals surface area contributed by atoms with Crippen molar-refractivity contribution in [1.29, 1.82) is 0 Å². The van der Waals surface area contributed by atoms with Crippen LogP contribution in [0.15, 0.2) is 52.1 Å². The van der Waals surface area contributed by atoms with Crippen molar-refractivity contribution in [3.63, 3.8) is 0 Å². The molecule has 0 fully saturated rings. The largest absolute Gasteiger partial charge is 0.316 e. The van der Waals surface area contributed by atoms with Crippen molar-refractivity contribution >= 4 is 16.8 Å². The van der Waals surface area contributed by atoms with Crippen LogP contribution >= 0.6 is 0 Å². The van der Waals surface area contributed by atoms with E-state index in [1.54, 1.807) is 6.07 Å². The normalized spacial score (nSPS) is 10.7. The summed E-state index contributed by atoms with van der Waals surface area (Å²) in [4.78, 5) is 39.5. The molecule has 2 aromatic carbocycles. The van der Waals surface area contributed by atoms with E-state index in [0.29, 0.717) is 11.0 Å². The Morgan fingerprint density at radius 2 is 1.57 bits per heavy atom. The van der Waals surface area contributed by atoms with Gasteiger partial charge >= 0.3 is 11.1 Å². The summed E-state index contributed by atoms with van der Waals surface area (Å²) < 4.78 is 13.6. The summed E-state index contributed by atoms with van der Waals surface area (Å²) in [6.45, 7) is 0. The van der Waals surface area contributed by atoms with E-state index >= 15 is 0 Å². The van der Waals surface area contributed by atoms with Crippen LogP contribution in [0.2, 0.25) is 0 Å². The lowest BCUT2D eigenvalue weighted by molar-refractivity contribution is 0.103. The van der Waals surface area contributed by atoms with Crippen molar-refractivity contribution < 1.29 is 9.18 Å². The van der Waals surface area contributed by atoms with Crippen LogP contribution in [0.5, 0.6) is 0 Å². The zero-order valence-electron chi connectivity index (χ0n) is 10.6. The van der Waals surface area contributed by atoms with E-state index in [0.717, 1.165) is 0 Å². The second-order valence-corrected chi connectivity index (χ2v) is 4.48. The maximum Gasteiger partial charge on any atom is 0.314 e. The number of fused-ring (bicyclic) bond motifs is 1. The Morgan fingerprint density at radius 1 is 0.905 bits per heavy atom. The minimum atomic E-state index is -0.807. The molecule has 5 nitrogen and oxygen atoms in total. The number of carbonyl (C=O) groups excluding carboxylic acids is 1. The van der Waals surface area contributed by atoms with Gasteiger partial charge in [-0.2, -0.15) is 0 Å². The SMILES string of the molecule is O=C(c1ccc2[nH]c(=O)c(=O)[nH]c2c1)c1ccccc1F. The zero-order chi connectivity index (χ0) is 15.0. The molecule has 3 aromatic rings. The molecular weight excluding hydrogens is 275 g/mol. The van der Waals surface area contributed by atoms with Crippen LogP contribution in [0, 0.1) is 5.82 Å². The van der Waals surface area contributed by atoms with E-state index in [-0.39, 0.29) is 11.1 Å². The van der Waals surface area contributed by atoms with Gasteiger partial charge in [-0.3, -0.25) is 14.4 Å². The number of hydrogen-bond acceptors (Lipinski definition) is 3. The first-order valence-electron chi connectivity index (χ1n) is 6.12. The molecule has 0 spiro atoms. The molecule has 0 saturated carbocycles. The number of aromatic nitrogens is 2. The predicted molar refractivity (Wildman–Crippen MR) is 75.0 cm³/mol. The lowest BCUT2D eigenvalue weighted by Crippen LogP contribution is -2.28. The smallest absolute Gasteiger partial charge is 0.314 e. The third kappa shape index (κ3) is 2.27. The maximum absolute atomic E-state index is 13.6. The quantitative estimate of drug-likeness (QED) is 0.553. The van der Waals surface area contributed by atoms with E-state index in [1.165, 1.54) is 36.4 Å². The van der Waals surface area contributed by atoms with Crippen molar-refractivity contribution in [2.75, 3.05) is 0 Å². The van der Waals surface area contributed by atoms with Crippen molar-refractivity contribution in [3.05, 3.63) is 80.1 Å². The molecule has 0 aliphatic rings. The number of rotatable bonds is 2. The highest BCUT2D eigenvalue weighted by molar-refractivity contribution is 6.10. The fraction of sp³-hybridized carbons (Fsp3) is 0. The maximum atomic E-state index is 13.6. The highest BCUT2D eigenvalue weighted by atomic mass is 19.1. The molecule has 0 radical (unpaired) electrons. The van der Waals surface area contributed by atoms with Crippen molar-refractivity contribution in [2.24, 2.45) is 0 Å². The summed E-state index contributed by atoms with van der Waals surface area (Å²) >= 11 is 0. The summed E-state index contributed by atoms with van der Waals surface area (Å²) in [5, 5.41) is 0. The number of benzene rings is 2. The number of carbonyl (C=O) groups is 1. The second-order valence-electron chi connectivity index (χ2n) is 4.48. The zero-order valence-corrected chi connectivity index (χ0v) is 10.6. The highest BCUT2D eigenvalue weighted by Crippen LogP contribution is 2.16. The van der Waals surface area contributed by atoms with Gasteiger partial charge in [0.05, 0.1) is 16.6 Å². The minimum Gasteiger partial charge on any atom is -0.316 e. The van der Waals surface area contributed by atoms with E-state index < -0.39 is 22.7 Å². The van der Waals surface area contributed by atoms with Crippen LogP contribution in [0.3, 0.4) is 0 Å². The first-order valence-corrected chi connectivity index (χ1v) is 6.12. The van der Waals surface area contributed by atoms with E-state index in [4.69, 9.17) is 0 Å². The van der Waals surface area contributed by atoms with Gasteiger partial charge in [0.25, 0.3) is 0 Å². The van der Waals surface area contributed by atoms with Gasteiger partial charge in [-0.25, -0.2) is 4.39 Å². The third-order valence-corrected chi connectivity index (χ3v) is 3.10.